The molecule has 0 aliphatic carbocycles. The number of aryl methyl sites for hydroxylation is 1. The Morgan fingerprint density at radius 2 is 1.90 bits per heavy atom. The van der Waals surface area contributed by atoms with Gasteiger partial charge in [-0.1, -0.05) is 37.6 Å². The van der Waals surface area contributed by atoms with Crippen LogP contribution in [-0.2, 0) is 6.42 Å². The minimum Gasteiger partial charge on any atom is -0.439 e. The predicted octanol–water partition coefficient (Wildman–Crippen LogP) is 5.35. The molecule has 0 radical (unpaired) electrons. The number of anilines is 1. The maximum Gasteiger partial charge on any atom is 0.287 e. The number of aromatic nitrogens is 3. The molecule has 150 valence electrons. The minimum absolute atomic E-state index is 0.0126. The van der Waals surface area contributed by atoms with Crippen LogP contribution in [0.1, 0.15) is 37.6 Å². The second kappa shape index (κ2) is 9.29. The fourth-order valence-corrected chi connectivity index (χ4v) is 3.06. The third kappa shape index (κ3) is 4.97. The highest BCUT2D eigenvalue weighted by Gasteiger charge is 2.14. The second-order valence-corrected chi connectivity index (χ2v) is 6.60. The maximum absolute atomic E-state index is 10.7. The Hall–Kier alpha value is -3.26. The lowest BCUT2D eigenvalue weighted by Gasteiger charge is -2.19. The number of benzene rings is 1. The van der Waals surface area contributed by atoms with Crippen molar-refractivity contribution in [2.75, 3.05) is 5.32 Å². The molecule has 2 heterocycles. The quantitative estimate of drug-likeness (QED) is 0.392. The summed E-state index contributed by atoms with van der Waals surface area (Å²) in [7, 11) is 0. The van der Waals surface area contributed by atoms with E-state index in [4.69, 9.17) is 16.3 Å². The Labute approximate surface area is 173 Å². The summed E-state index contributed by atoms with van der Waals surface area (Å²) in [4.78, 5) is 22.6. The van der Waals surface area contributed by atoms with Crippen molar-refractivity contribution < 1.29 is 9.66 Å². The summed E-state index contributed by atoms with van der Waals surface area (Å²) in [6, 6.07) is 10.4. The minimum atomic E-state index is -0.503. The molecule has 0 saturated carbocycles. The number of hydrogen-bond acceptors (Lipinski definition) is 7. The Morgan fingerprint density at radius 3 is 2.48 bits per heavy atom. The molecule has 0 aliphatic heterocycles. The normalized spacial score (nSPS) is 11.7. The molecule has 0 bridgehead atoms. The van der Waals surface area contributed by atoms with Crippen molar-refractivity contribution in [3.63, 3.8) is 0 Å². The highest BCUT2D eigenvalue weighted by atomic mass is 35.5. The molecular weight excluding hydrogens is 394 g/mol. The lowest BCUT2D eigenvalue weighted by Crippen LogP contribution is -2.12. The van der Waals surface area contributed by atoms with Crippen molar-refractivity contribution in [1.82, 2.24) is 15.0 Å². The fraction of sp³-hybridized carbons (Fsp3) is 0.250. The third-order valence-electron chi connectivity index (χ3n) is 4.35. The predicted molar refractivity (Wildman–Crippen MR) is 110 cm³/mol. The van der Waals surface area contributed by atoms with Crippen molar-refractivity contribution >= 4 is 23.1 Å². The van der Waals surface area contributed by atoms with Crippen molar-refractivity contribution in [2.45, 2.75) is 32.7 Å². The molecule has 0 aliphatic rings. The second-order valence-electron chi connectivity index (χ2n) is 6.22. The zero-order valence-electron chi connectivity index (χ0n) is 16.0. The number of ether oxygens (including phenoxy) is 1. The van der Waals surface area contributed by atoms with Crippen LogP contribution in [0.4, 0.5) is 11.5 Å². The molecule has 9 heteroatoms. The SMILES string of the molecule is CCc1ncnc(NC(CC)c2ccc(Oc3ccc([N+](=O)[O-])cn3)cc2)c1Cl. The summed E-state index contributed by atoms with van der Waals surface area (Å²) in [6.07, 6.45) is 4.23. The van der Waals surface area contributed by atoms with Crippen LogP contribution in [0.3, 0.4) is 0 Å². The smallest absolute Gasteiger partial charge is 0.287 e. The standard InChI is InChI=1S/C20H20ClN5O3/c1-3-16(25-20-19(21)17(4-2)23-12-24-20)13-5-8-15(9-6-13)29-18-10-7-14(11-22-18)26(27)28/h5-12,16H,3-4H2,1-2H3,(H,23,24,25). The van der Waals surface area contributed by atoms with E-state index in [1.807, 2.05) is 31.2 Å². The van der Waals surface area contributed by atoms with Gasteiger partial charge >= 0.3 is 0 Å². The summed E-state index contributed by atoms with van der Waals surface area (Å²) in [5.74, 6) is 1.48. The van der Waals surface area contributed by atoms with Crippen molar-refractivity contribution in [1.29, 1.82) is 0 Å². The molecular formula is C20H20ClN5O3. The number of nitro groups is 1. The van der Waals surface area contributed by atoms with Gasteiger partial charge in [0, 0.05) is 12.1 Å². The molecule has 2 aromatic heterocycles. The van der Waals surface area contributed by atoms with Crippen molar-refractivity contribution in [3.05, 3.63) is 75.3 Å². The van der Waals surface area contributed by atoms with Crippen LogP contribution >= 0.6 is 11.6 Å². The average Bonchev–Trinajstić information content (AvgIpc) is 2.74. The van der Waals surface area contributed by atoms with E-state index in [9.17, 15) is 10.1 Å². The fourth-order valence-electron chi connectivity index (χ4n) is 2.77. The van der Waals surface area contributed by atoms with E-state index in [-0.39, 0.29) is 17.6 Å². The number of hydrogen-bond donors (Lipinski definition) is 1. The number of rotatable bonds is 8. The van der Waals surface area contributed by atoms with E-state index in [0.29, 0.717) is 16.6 Å². The number of nitrogens with zero attached hydrogens (tertiary/aromatic N) is 4. The zero-order valence-corrected chi connectivity index (χ0v) is 16.8. The Morgan fingerprint density at radius 1 is 1.14 bits per heavy atom. The molecule has 3 aromatic rings. The molecule has 1 unspecified atom stereocenters. The van der Waals surface area contributed by atoms with Crippen LogP contribution in [0.25, 0.3) is 0 Å². The summed E-state index contributed by atoms with van der Waals surface area (Å²) in [5, 5.41) is 14.6. The largest absolute Gasteiger partial charge is 0.439 e. The molecule has 0 amide bonds. The van der Waals surface area contributed by atoms with Crippen LogP contribution in [0.5, 0.6) is 11.6 Å². The van der Waals surface area contributed by atoms with Gasteiger partial charge in [0.2, 0.25) is 5.88 Å². The van der Waals surface area contributed by atoms with E-state index in [2.05, 4.69) is 27.2 Å². The highest BCUT2D eigenvalue weighted by molar-refractivity contribution is 6.33. The van der Waals surface area contributed by atoms with Gasteiger partial charge in [0.05, 0.1) is 16.7 Å². The first-order valence-electron chi connectivity index (χ1n) is 9.16. The summed E-state index contributed by atoms with van der Waals surface area (Å²) < 4.78 is 5.65. The van der Waals surface area contributed by atoms with Crippen molar-refractivity contribution in [3.8, 4) is 11.6 Å². The van der Waals surface area contributed by atoms with E-state index in [1.165, 1.54) is 18.5 Å². The molecule has 29 heavy (non-hydrogen) atoms. The van der Waals surface area contributed by atoms with Crippen LogP contribution in [0, 0.1) is 10.1 Å². The third-order valence-corrected chi connectivity index (χ3v) is 4.75. The van der Waals surface area contributed by atoms with Gasteiger partial charge in [0.25, 0.3) is 5.69 Å². The Kier molecular flexibility index (Phi) is 6.56. The van der Waals surface area contributed by atoms with Crippen LogP contribution < -0.4 is 10.1 Å². The number of pyridine rings is 1. The van der Waals surface area contributed by atoms with Gasteiger partial charge in [-0.05, 0) is 30.5 Å². The molecule has 1 aromatic carbocycles. The first-order valence-corrected chi connectivity index (χ1v) is 9.53. The molecule has 0 saturated heterocycles. The molecule has 3 rings (SSSR count). The van der Waals surface area contributed by atoms with Gasteiger partial charge in [0.1, 0.15) is 29.1 Å². The first-order chi connectivity index (χ1) is 14.0. The summed E-state index contributed by atoms with van der Waals surface area (Å²) in [5.41, 5.74) is 1.77. The Bertz CT molecular complexity index is 980. The maximum atomic E-state index is 10.7. The number of nitrogens with one attached hydrogen (secondary N) is 1. The van der Waals surface area contributed by atoms with Gasteiger partial charge in [-0.3, -0.25) is 10.1 Å². The van der Waals surface area contributed by atoms with E-state index >= 15 is 0 Å². The molecule has 1 N–H and O–H groups in total. The van der Waals surface area contributed by atoms with Gasteiger partial charge < -0.3 is 10.1 Å². The van der Waals surface area contributed by atoms with Gasteiger partial charge in [-0.25, -0.2) is 15.0 Å². The molecule has 1 atom stereocenters. The number of halogens is 1. The van der Waals surface area contributed by atoms with Crippen LogP contribution in [0.2, 0.25) is 5.02 Å². The van der Waals surface area contributed by atoms with Gasteiger partial charge in [-0.2, -0.15) is 0 Å². The molecule has 8 nitrogen and oxygen atoms in total. The lowest BCUT2D eigenvalue weighted by molar-refractivity contribution is -0.385. The summed E-state index contributed by atoms with van der Waals surface area (Å²) in [6.45, 7) is 4.06. The monoisotopic (exact) mass is 413 g/mol. The van der Waals surface area contributed by atoms with Crippen molar-refractivity contribution in [2.24, 2.45) is 0 Å². The van der Waals surface area contributed by atoms with Crippen LogP contribution in [0.15, 0.2) is 48.9 Å². The molecule has 0 spiro atoms. The lowest BCUT2D eigenvalue weighted by atomic mass is 10.0. The van der Waals surface area contributed by atoms with Gasteiger partial charge in [0.15, 0.2) is 0 Å². The highest BCUT2D eigenvalue weighted by Crippen LogP contribution is 2.29. The summed E-state index contributed by atoms with van der Waals surface area (Å²) >= 11 is 6.39. The van der Waals surface area contributed by atoms with E-state index in [0.717, 1.165) is 30.3 Å². The van der Waals surface area contributed by atoms with Gasteiger partial charge in [-0.15, -0.1) is 0 Å². The Balaban J connectivity index is 1.71. The zero-order chi connectivity index (χ0) is 20.8. The van der Waals surface area contributed by atoms with Crippen LogP contribution in [-0.4, -0.2) is 19.9 Å². The first kappa shape index (κ1) is 20.5. The molecule has 0 fully saturated rings. The topological polar surface area (TPSA) is 103 Å². The van der Waals surface area contributed by atoms with E-state index < -0.39 is 4.92 Å². The van der Waals surface area contributed by atoms with E-state index in [1.54, 1.807) is 0 Å². The average molecular weight is 414 g/mol.